The third kappa shape index (κ3) is 4.84. The highest BCUT2D eigenvalue weighted by Crippen LogP contribution is 2.33. The summed E-state index contributed by atoms with van der Waals surface area (Å²) >= 11 is 0. The summed E-state index contributed by atoms with van der Waals surface area (Å²) in [6.45, 7) is 10.1. The van der Waals surface area contributed by atoms with Gasteiger partial charge in [-0.05, 0) is 20.3 Å². The van der Waals surface area contributed by atoms with Crippen LogP contribution in [-0.2, 0) is 0 Å². The minimum atomic E-state index is -0.490. The van der Waals surface area contributed by atoms with E-state index in [9.17, 15) is 10.1 Å². The zero-order valence-corrected chi connectivity index (χ0v) is 13.3. The number of nitrogens with zero attached hydrogens (tertiary/aromatic N) is 3. The molecule has 0 spiro atoms. The third-order valence-corrected chi connectivity index (χ3v) is 2.73. The molecule has 1 heterocycles. The fraction of sp³-hybridized carbons (Fsp3) is 0.714. The van der Waals surface area contributed by atoms with Gasteiger partial charge in [0.05, 0.1) is 11.5 Å². The summed E-state index contributed by atoms with van der Waals surface area (Å²) in [6.07, 6.45) is 1.78. The number of ether oxygens (including phenoxy) is 1. The molecule has 118 valence electrons. The van der Waals surface area contributed by atoms with Crippen molar-refractivity contribution < 1.29 is 9.66 Å². The Morgan fingerprint density at radius 2 is 1.95 bits per heavy atom. The number of aromatic nitrogens is 2. The normalized spacial score (nSPS) is 11.0. The van der Waals surface area contributed by atoms with Crippen LogP contribution >= 0.6 is 0 Å². The van der Waals surface area contributed by atoms with Crippen LogP contribution < -0.4 is 10.1 Å². The number of rotatable bonds is 8. The standard InChI is InChI=1S/C14H24N4O3/c1-6-7-8-21-14-11(18(19)20)13(15-10(4)5)16-12(17-14)9(2)3/h9-10H,6-8H2,1-5H3,(H,15,16,17). The van der Waals surface area contributed by atoms with E-state index in [0.29, 0.717) is 12.4 Å². The molecule has 1 aromatic rings. The number of nitro groups is 1. The Morgan fingerprint density at radius 1 is 1.29 bits per heavy atom. The molecule has 0 fully saturated rings. The van der Waals surface area contributed by atoms with Crippen molar-refractivity contribution in [1.82, 2.24) is 9.97 Å². The summed E-state index contributed by atoms with van der Waals surface area (Å²) in [5.74, 6) is 0.873. The molecule has 0 unspecified atom stereocenters. The van der Waals surface area contributed by atoms with Gasteiger partial charge in [0, 0.05) is 12.0 Å². The van der Waals surface area contributed by atoms with Crippen LogP contribution in [0.25, 0.3) is 0 Å². The summed E-state index contributed by atoms with van der Waals surface area (Å²) in [4.78, 5) is 19.4. The monoisotopic (exact) mass is 296 g/mol. The Kier molecular flexibility index (Phi) is 6.33. The molecule has 0 saturated heterocycles. The van der Waals surface area contributed by atoms with E-state index in [2.05, 4.69) is 15.3 Å². The van der Waals surface area contributed by atoms with Crippen molar-refractivity contribution in [2.45, 2.75) is 59.4 Å². The molecule has 0 atom stereocenters. The lowest BCUT2D eigenvalue weighted by atomic mass is 10.2. The van der Waals surface area contributed by atoms with Crippen LogP contribution in [0.1, 0.15) is 59.2 Å². The van der Waals surface area contributed by atoms with Gasteiger partial charge < -0.3 is 10.1 Å². The minimum Gasteiger partial charge on any atom is -0.473 e. The van der Waals surface area contributed by atoms with E-state index in [1.165, 1.54) is 0 Å². The molecule has 0 bridgehead atoms. The SMILES string of the molecule is CCCCOc1nc(C(C)C)nc(NC(C)C)c1[N+](=O)[O-]. The minimum absolute atomic E-state index is 0.0297. The number of anilines is 1. The molecule has 7 heteroatoms. The first kappa shape index (κ1) is 17.1. The second-order valence-corrected chi connectivity index (χ2v) is 5.50. The summed E-state index contributed by atoms with van der Waals surface area (Å²) in [5, 5.41) is 14.4. The Labute approximate surface area is 125 Å². The maximum atomic E-state index is 11.3. The predicted octanol–water partition coefficient (Wildman–Crippen LogP) is 3.51. The number of hydrogen-bond acceptors (Lipinski definition) is 6. The van der Waals surface area contributed by atoms with Gasteiger partial charge in [0.15, 0.2) is 0 Å². The van der Waals surface area contributed by atoms with Crippen LogP contribution in [0.3, 0.4) is 0 Å². The van der Waals surface area contributed by atoms with Gasteiger partial charge >= 0.3 is 5.69 Å². The molecule has 1 rings (SSSR count). The highest BCUT2D eigenvalue weighted by Gasteiger charge is 2.27. The maximum absolute atomic E-state index is 11.3. The fourth-order valence-corrected chi connectivity index (χ4v) is 1.66. The average Bonchev–Trinajstić information content (AvgIpc) is 2.37. The average molecular weight is 296 g/mol. The van der Waals surface area contributed by atoms with Crippen LogP contribution in [0.5, 0.6) is 5.88 Å². The zero-order valence-electron chi connectivity index (χ0n) is 13.3. The molecule has 0 saturated carbocycles. The highest BCUT2D eigenvalue weighted by atomic mass is 16.6. The number of hydrogen-bond donors (Lipinski definition) is 1. The van der Waals surface area contributed by atoms with E-state index in [0.717, 1.165) is 12.8 Å². The topological polar surface area (TPSA) is 90.2 Å². The Morgan fingerprint density at radius 3 is 2.43 bits per heavy atom. The van der Waals surface area contributed by atoms with Gasteiger partial charge in [0.25, 0.3) is 5.88 Å². The van der Waals surface area contributed by atoms with Crippen molar-refractivity contribution in [1.29, 1.82) is 0 Å². The molecule has 0 aromatic carbocycles. The summed E-state index contributed by atoms with van der Waals surface area (Å²) in [7, 11) is 0. The third-order valence-electron chi connectivity index (χ3n) is 2.73. The van der Waals surface area contributed by atoms with E-state index in [-0.39, 0.29) is 29.3 Å². The molecule has 0 radical (unpaired) electrons. The van der Waals surface area contributed by atoms with Crippen LogP contribution in [0, 0.1) is 10.1 Å². The molecule has 0 aliphatic rings. The molecule has 1 aromatic heterocycles. The first-order chi connectivity index (χ1) is 9.86. The molecule has 7 nitrogen and oxygen atoms in total. The van der Waals surface area contributed by atoms with Crippen molar-refractivity contribution in [3.05, 3.63) is 15.9 Å². The summed E-state index contributed by atoms with van der Waals surface area (Å²) in [6, 6.07) is 0.0297. The quantitative estimate of drug-likeness (QED) is 0.448. The van der Waals surface area contributed by atoms with Crippen LogP contribution in [-0.4, -0.2) is 27.5 Å². The summed E-state index contributed by atoms with van der Waals surface area (Å²) in [5.41, 5.74) is -0.191. The van der Waals surface area contributed by atoms with Gasteiger partial charge in [0.1, 0.15) is 5.82 Å². The molecule has 0 aliphatic carbocycles. The van der Waals surface area contributed by atoms with E-state index in [1.54, 1.807) is 0 Å². The van der Waals surface area contributed by atoms with Crippen LogP contribution in [0.2, 0.25) is 0 Å². The first-order valence-electron chi connectivity index (χ1n) is 7.32. The molecular weight excluding hydrogens is 272 g/mol. The Balaban J connectivity index is 3.27. The number of unbranched alkanes of at least 4 members (excludes halogenated alkanes) is 1. The Hall–Kier alpha value is -1.92. The number of nitrogens with one attached hydrogen (secondary N) is 1. The molecule has 0 amide bonds. The smallest absolute Gasteiger partial charge is 0.372 e. The molecule has 0 aliphatic heterocycles. The summed E-state index contributed by atoms with van der Waals surface area (Å²) < 4.78 is 5.52. The van der Waals surface area contributed by atoms with Crippen molar-refractivity contribution in [3.63, 3.8) is 0 Å². The van der Waals surface area contributed by atoms with Gasteiger partial charge in [-0.2, -0.15) is 4.98 Å². The molecule has 21 heavy (non-hydrogen) atoms. The highest BCUT2D eigenvalue weighted by molar-refractivity contribution is 5.62. The van der Waals surface area contributed by atoms with Gasteiger partial charge in [-0.3, -0.25) is 10.1 Å². The van der Waals surface area contributed by atoms with E-state index >= 15 is 0 Å². The fourth-order valence-electron chi connectivity index (χ4n) is 1.66. The maximum Gasteiger partial charge on any atom is 0.372 e. The first-order valence-corrected chi connectivity index (χ1v) is 7.32. The van der Waals surface area contributed by atoms with Crippen LogP contribution in [0.15, 0.2) is 0 Å². The van der Waals surface area contributed by atoms with Crippen LogP contribution in [0.4, 0.5) is 11.5 Å². The van der Waals surface area contributed by atoms with Crippen molar-refractivity contribution in [2.75, 3.05) is 11.9 Å². The molecule has 1 N–H and O–H groups in total. The van der Waals surface area contributed by atoms with Gasteiger partial charge in [0.2, 0.25) is 5.82 Å². The van der Waals surface area contributed by atoms with Gasteiger partial charge in [-0.15, -0.1) is 0 Å². The molecular formula is C14H24N4O3. The van der Waals surface area contributed by atoms with Crippen molar-refractivity contribution >= 4 is 11.5 Å². The largest absolute Gasteiger partial charge is 0.473 e. The van der Waals surface area contributed by atoms with Gasteiger partial charge in [-0.25, -0.2) is 4.98 Å². The lowest BCUT2D eigenvalue weighted by Gasteiger charge is -2.14. The van der Waals surface area contributed by atoms with E-state index < -0.39 is 4.92 Å². The van der Waals surface area contributed by atoms with E-state index in [4.69, 9.17) is 4.74 Å². The van der Waals surface area contributed by atoms with Gasteiger partial charge in [-0.1, -0.05) is 27.2 Å². The van der Waals surface area contributed by atoms with Crippen molar-refractivity contribution in [3.8, 4) is 5.88 Å². The second kappa shape index (κ2) is 7.75. The lowest BCUT2D eigenvalue weighted by Crippen LogP contribution is -2.16. The Bertz CT molecular complexity index is 489. The van der Waals surface area contributed by atoms with Crippen molar-refractivity contribution in [2.24, 2.45) is 0 Å². The van der Waals surface area contributed by atoms with E-state index in [1.807, 2.05) is 34.6 Å². The predicted molar refractivity (Wildman–Crippen MR) is 81.9 cm³/mol. The lowest BCUT2D eigenvalue weighted by molar-refractivity contribution is -0.385. The second-order valence-electron chi connectivity index (χ2n) is 5.50. The zero-order chi connectivity index (χ0) is 16.0.